The summed E-state index contributed by atoms with van der Waals surface area (Å²) in [5.41, 5.74) is 0. The van der Waals surface area contributed by atoms with Gasteiger partial charge in [-0.25, -0.2) is 0 Å². The van der Waals surface area contributed by atoms with Gasteiger partial charge >= 0.3 is 5.97 Å². The summed E-state index contributed by atoms with van der Waals surface area (Å²) in [7, 11) is 0. The Bertz CT molecular complexity index is 196. The minimum absolute atomic E-state index is 0.0610. The van der Waals surface area contributed by atoms with Crippen LogP contribution in [0.3, 0.4) is 0 Å². The van der Waals surface area contributed by atoms with Crippen LogP contribution in [0.1, 0.15) is 33.1 Å². The zero-order chi connectivity index (χ0) is 10.6. The van der Waals surface area contributed by atoms with E-state index in [4.69, 9.17) is 4.84 Å². The largest absolute Gasteiger partial charge is 0.392 e. The van der Waals surface area contributed by atoms with Crippen molar-refractivity contribution >= 4 is 5.97 Å². The van der Waals surface area contributed by atoms with E-state index in [0.717, 1.165) is 25.8 Å². The van der Waals surface area contributed by atoms with E-state index in [-0.39, 0.29) is 18.0 Å². The summed E-state index contributed by atoms with van der Waals surface area (Å²) in [6.07, 6.45) is 2.12. The van der Waals surface area contributed by atoms with Crippen LogP contribution in [0.4, 0.5) is 0 Å². The predicted molar refractivity (Wildman–Crippen MR) is 52.4 cm³/mol. The lowest BCUT2D eigenvalue weighted by Crippen LogP contribution is -2.40. The van der Waals surface area contributed by atoms with Crippen molar-refractivity contribution in [2.75, 3.05) is 13.1 Å². The van der Waals surface area contributed by atoms with Gasteiger partial charge < -0.3 is 9.94 Å². The second kappa shape index (κ2) is 5.32. The molecule has 0 aromatic carbocycles. The lowest BCUT2D eigenvalue weighted by molar-refractivity contribution is -0.206. The first kappa shape index (κ1) is 11.5. The van der Waals surface area contributed by atoms with E-state index in [1.54, 1.807) is 5.06 Å². The summed E-state index contributed by atoms with van der Waals surface area (Å²) < 4.78 is 0. The Kier molecular flexibility index (Phi) is 4.35. The molecule has 0 spiro atoms. The van der Waals surface area contributed by atoms with E-state index in [1.807, 2.05) is 13.8 Å². The van der Waals surface area contributed by atoms with E-state index in [2.05, 4.69) is 0 Å². The Labute approximate surface area is 84.8 Å². The van der Waals surface area contributed by atoms with Crippen LogP contribution in [-0.2, 0) is 9.63 Å². The molecule has 1 saturated heterocycles. The van der Waals surface area contributed by atoms with Gasteiger partial charge in [-0.1, -0.05) is 13.8 Å². The molecule has 82 valence electrons. The summed E-state index contributed by atoms with van der Waals surface area (Å²) >= 11 is 0. The first-order valence-electron chi connectivity index (χ1n) is 5.28. The topological polar surface area (TPSA) is 49.8 Å². The Hall–Kier alpha value is -0.610. The van der Waals surface area contributed by atoms with Crippen LogP contribution in [0.2, 0.25) is 0 Å². The van der Waals surface area contributed by atoms with Gasteiger partial charge in [0.1, 0.15) is 0 Å². The van der Waals surface area contributed by atoms with Gasteiger partial charge in [-0.05, 0) is 19.3 Å². The molecule has 1 aliphatic rings. The van der Waals surface area contributed by atoms with E-state index in [9.17, 15) is 9.90 Å². The van der Waals surface area contributed by atoms with Gasteiger partial charge in [-0.15, -0.1) is 5.06 Å². The fraction of sp³-hybridized carbons (Fsp3) is 0.900. The number of hydrogen-bond acceptors (Lipinski definition) is 4. The molecule has 0 saturated carbocycles. The van der Waals surface area contributed by atoms with Gasteiger partial charge in [-0.3, -0.25) is 4.79 Å². The highest BCUT2D eigenvalue weighted by Crippen LogP contribution is 2.12. The van der Waals surface area contributed by atoms with Crippen LogP contribution in [0.5, 0.6) is 0 Å². The molecule has 0 radical (unpaired) electrons. The van der Waals surface area contributed by atoms with Crippen LogP contribution < -0.4 is 0 Å². The molecule has 0 amide bonds. The SMILES string of the molecule is CCC(C)C(=O)ON1CCCC(O)C1. The lowest BCUT2D eigenvalue weighted by atomic mass is 10.1. The van der Waals surface area contributed by atoms with Crippen molar-refractivity contribution in [3.63, 3.8) is 0 Å². The molecule has 14 heavy (non-hydrogen) atoms. The fourth-order valence-corrected chi connectivity index (χ4v) is 1.39. The predicted octanol–water partition coefficient (Wildman–Crippen LogP) is 0.947. The minimum Gasteiger partial charge on any atom is -0.392 e. The van der Waals surface area contributed by atoms with Gasteiger partial charge in [0, 0.05) is 6.54 Å². The maximum absolute atomic E-state index is 11.4. The monoisotopic (exact) mass is 201 g/mol. The van der Waals surface area contributed by atoms with E-state index in [1.165, 1.54) is 0 Å². The highest BCUT2D eigenvalue weighted by molar-refractivity contribution is 5.71. The first-order chi connectivity index (χ1) is 6.63. The van der Waals surface area contributed by atoms with Gasteiger partial charge in [0.15, 0.2) is 0 Å². The Morgan fingerprint density at radius 3 is 3.00 bits per heavy atom. The number of hydrogen-bond donors (Lipinski definition) is 1. The highest BCUT2D eigenvalue weighted by atomic mass is 16.7. The van der Waals surface area contributed by atoms with Gasteiger partial charge in [0.25, 0.3) is 0 Å². The highest BCUT2D eigenvalue weighted by Gasteiger charge is 2.22. The Morgan fingerprint density at radius 2 is 2.43 bits per heavy atom. The van der Waals surface area contributed by atoms with E-state index < -0.39 is 0 Å². The van der Waals surface area contributed by atoms with Crippen molar-refractivity contribution in [3.05, 3.63) is 0 Å². The summed E-state index contributed by atoms with van der Waals surface area (Å²) in [4.78, 5) is 16.6. The molecular formula is C10H19NO3. The number of carbonyl (C=O) groups excluding carboxylic acids is 1. The van der Waals surface area contributed by atoms with Crippen LogP contribution in [0, 0.1) is 5.92 Å². The maximum Gasteiger partial charge on any atom is 0.327 e. The van der Waals surface area contributed by atoms with Crippen molar-refractivity contribution in [2.45, 2.75) is 39.2 Å². The summed E-state index contributed by atoms with van der Waals surface area (Å²) in [5, 5.41) is 10.9. The molecule has 1 heterocycles. The first-order valence-corrected chi connectivity index (χ1v) is 5.28. The van der Waals surface area contributed by atoms with Gasteiger partial charge in [0.05, 0.1) is 18.6 Å². The van der Waals surface area contributed by atoms with Crippen molar-refractivity contribution in [1.29, 1.82) is 0 Å². The smallest absolute Gasteiger partial charge is 0.327 e. The maximum atomic E-state index is 11.4. The molecule has 1 rings (SSSR count). The lowest BCUT2D eigenvalue weighted by Gasteiger charge is -2.28. The summed E-state index contributed by atoms with van der Waals surface area (Å²) in [5.74, 6) is -0.254. The zero-order valence-electron chi connectivity index (χ0n) is 8.90. The fourth-order valence-electron chi connectivity index (χ4n) is 1.39. The molecule has 0 aromatic rings. The molecule has 1 fully saturated rings. The second-order valence-electron chi connectivity index (χ2n) is 3.90. The molecule has 1 N–H and O–H groups in total. The van der Waals surface area contributed by atoms with E-state index >= 15 is 0 Å². The third-order valence-electron chi connectivity index (χ3n) is 2.59. The minimum atomic E-state index is -0.353. The number of rotatable bonds is 3. The molecule has 4 nitrogen and oxygen atoms in total. The standard InChI is InChI=1S/C10H19NO3/c1-3-8(2)10(13)14-11-6-4-5-9(12)7-11/h8-9,12H,3-7H2,1-2H3. The number of β-amino-alcohol motifs (C(OH)–C–C–N with tert-alkyl or cyclic N) is 1. The molecule has 2 unspecified atom stereocenters. The number of nitrogens with zero attached hydrogens (tertiary/aromatic N) is 1. The molecule has 4 heteroatoms. The van der Waals surface area contributed by atoms with Crippen LogP contribution in [0.25, 0.3) is 0 Å². The Balaban J connectivity index is 2.32. The normalized spacial score (nSPS) is 25.8. The average molecular weight is 201 g/mol. The van der Waals surface area contributed by atoms with Crippen LogP contribution in [0.15, 0.2) is 0 Å². The average Bonchev–Trinajstić information content (AvgIpc) is 2.16. The number of hydroxylamine groups is 2. The van der Waals surface area contributed by atoms with Crippen molar-refractivity contribution in [3.8, 4) is 0 Å². The number of piperidine rings is 1. The summed E-state index contributed by atoms with van der Waals surface area (Å²) in [6, 6.07) is 0. The number of aliphatic hydroxyl groups is 1. The molecule has 0 bridgehead atoms. The molecular weight excluding hydrogens is 182 g/mol. The molecule has 1 aliphatic heterocycles. The van der Waals surface area contributed by atoms with Crippen molar-refractivity contribution < 1.29 is 14.7 Å². The second-order valence-corrected chi connectivity index (χ2v) is 3.90. The zero-order valence-corrected chi connectivity index (χ0v) is 8.90. The van der Waals surface area contributed by atoms with Crippen LogP contribution in [-0.4, -0.2) is 35.3 Å². The molecule has 2 atom stereocenters. The Morgan fingerprint density at radius 1 is 1.71 bits per heavy atom. The molecule has 0 aromatic heterocycles. The van der Waals surface area contributed by atoms with Gasteiger partial charge in [0.2, 0.25) is 0 Å². The third kappa shape index (κ3) is 3.27. The quantitative estimate of drug-likeness (QED) is 0.738. The van der Waals surface area contributed by atoms with Crippen LogP contribution >= 0.6 is 0 Å². The summed E-state index contributed by atoms with van der Waals surface area (Å²) in [6.45, 7) is 4.99. The van der Waals surface area contributed by atoms with Gasteiger partial charge in [-0.2, -0.15) is 0 Å². The third-order valence-corrected chi connectivity index (χ3v) is 2.59. The molecule has 0 aliphatic carbocycles. The number of carbonyl (C=O) groups is 1. The van der Waals surface area contributed by atoms with E-state index in [0.29, 0.717) is 6.54 Å². The van der Waals surface area contributed by atoms with Crippen molar-refractivity contribution in [2.24, 2.45) is 5.92 Å². The number of aliphatic hydroxyl groups excluding tert-OH is 1. The van der Waals surface area contributed by atoms with Crippen molar-refractivity contribution in [1.82, 2.24) is 5.06 Å².